The van der Waals surface area contributed by atoms with Gasteiger partial charge in [0.05, 0.1) is 0 Å². The van der Waals surface area contributed by atoms with E-state index in [-0.39, 0.29) is 18.4 Å². The van der Waals surface area contributed by atoms with Gasteiger partial charge >= 0.3 is 0 Å². The Kier molecular flexibility index (Phi) is 3.29. The fourth-order valence-electron chi connectivity index (χ4n) is 3.02. The molecule has 0 spiro atoms. The van der Waals surface area contributed by atoms with Gasteiger partial charge in [-0.25, -0.2) is 0 Å². The van der Waals surface area contributed by atoms with Crippen LogP contribution in [0, 0.1) is 11.8 Å². The molecule has 0 aromatic rings. The predicted octanol–water partition coefficient (Wildman–Crippen LogP) is 1.41. The molecule has 2 rings (SSSR count). The summed E-state index contributed by atoms with van der Waals surface area (Å²) in [6.07, 6.45) is 5.73. The Balaban J connectivity index is 1.94. The number of carbonyl (C=O) groups excluding carboxylic acids is 1. The average Bonchev–Trinajstić information content (AvgIpc) is 2.85. The molecule has 3 heteroatoms. The molecule has 2 aliphatic rings. The lowest BCUT2D eigenvalue weighted by Gasteiger charge is -2.29. The van der Waals surface area contributed by atoms with Gasteiger partial charge in [0.25, 0.3) is 0 Å². The fourth-order valence-corrected chi connectivity index (χ4v) is 3.02. The first-order valence-electron chi connectivity index (χ1n) is 6.12. The monoisotopic (exact) mass is 211 g/mol. The van der Waals surface area contributed by atoms with Gasteiger partial charge in [0, 0.05) is 31.5 Å². The molecule has 0 aromatic carbocycles. The molecule has 3 nitrogen and oxygen atoms in total. The van der Waals surface area contributed by atoms with Gasteiger partial charge in [0.15, 0.2) is 0 Å². The van der Waals surface area contributed by atoms with Crippen molar-refractivity contribution in [1.29, 1.82) is 0 Å². The fraction of sp³-hybridized carbons (Fsp3) is 0.917. The SMILES string of the molecule is CC(C1CCCC1)N1CC(CO)CC1=O. The number of aliphatic hydroxyl groups excluding tert-OH is 1. The van der Waals surface area contributed by atoms with Gasteiger partial charge in [-0.1, -0.05) is 12.8 Å². The molecular weight excluding hydrogens is 190 g/mol. The maximum absolute atomic E-state index is 11.8. The van der Waals surface area contributed by atoms with E-state index < -0.39 is 0 Å². The predicted molar refractivity (Wildman–Crippen MR) is 58.3 cm³/mol. The Labute approximate surface area is 91.5 Å². The van der Waals surface area contributed by atoms with E-state index in [2.05, 4.69) is 6.92 Å². The molecule has 0 radical (unpaired) electrons. The number of carbonyl (C=O) groups is 1. The molecular formula is C12H21NO2. The van der Waals surface area contributed by atoms with Crippen molar-refractivity contribution in [3.8, 4) is 0 Å². The number of hydrogen-bond acceptors (Lipinski definition) is 2. The van der Waals surface area contributed by atoms with Crippen molar-refractivity contribution in [3.63, 3.8) is 0 Å². The maximum atomic E-state index is 11.8. The van der Waals surface area contributed by atoms with Crippen molar-refractivity contribution in [2.75, 3.05) is 13.2 Å². The molecule has 1 amide bonds. The van der Waals surface area contributed by atoms with Crippen molar-refractivity contribution in [1.82, 2.24) is 4.90 Å². The largest absolute Gasteiger partial charge is 0.396 e. The van der Waals surface area contributed by atoms with Crippen molar-refractivity contribution >= 4 is 5.91 Å². The Bertz CT molecular complexity index is 236. The Morgan fingerprint density at radius 1 is 1.47 bits per heavy atom. The molecule has 15 heavy (non-hydrogen) atoms. The lowest BCUT2D eigenvalue weighted by atomic mass is 9.98. The van der Waals surface area contributed by atoms with Crippen LogP contribution in [0.1, 0.15) is 39.0 Å². The van der Waals surface area contributed by atoms with Crippen LogP contribution in [0.5, 0.6) is 0 Å². The topological polar surface area (TPSA) is 40.5 Å². The Morgan fingerprint density at radius 2 is 2.13 bits per heavy atom. The molecule has 1 aliphatic carbocycles. The third-order valence-electron chi connectivity index (χ3n) is 4.07. The van der Waals surface area contributed by atoms with Crippen molar-refractivity contribution in [2.45, 2.75) is 45.1 Å². The molecule has 0 aromatic heterocycles. The van der Waals surface area contributed by atoms with Crippen molar-refractivity contribution in [3.05, 3.63) is 0 Å². The molecule has 1 aliphatic heterocycles. The summed E-state index contributed by atoms with van der Waals surface area (Å²) in [6.45, 7) is 3.10. The van der Waals surface area contributed by atoms with Gasteiger partial charge < -0.3 is 10.0 Å². The van der Waals surface area contributed by atoms with Gasteiger partial charge in [0.1, 0.15) is 0 Å². The average molecular weight is 211 g/mol. The zero-order chi connectivity index (χ0) is 10.8. The molecule has 1 saturated heterocycles. The van der Waals surface area contributed by atoms with E-state index in [4.69, 9.17) is 5.11 Å². The number of nitrogens with zero attached hydrogens (tertiary/aromatic N) is 1. The van der Waals surface area contributed by atoms with Crippen LogP contribution in [0.25, 0.3) is 0 Å². The normalized spacial score (nSPS) is 30.1. The highest BCUT2D eigenvalue weighted by atomic mass is 16.3. The molecule has 2 unspecified atom stereocenters. The minimum Gasteiger partial charge on any atom is -0.396 e. The zero-order valence-electron chi connectivity index (χ0n) is 9.48. The molecule has 86 valence electrons. The van der Waals surface area contributed by atoms with Crippen LogP contribution in [-0.4, -0.2) is 35.1 Å². The van der Waals surface area contributed by atoms with E-state index in [0.29, 0.717) is 18.4 Å². The third kappa shape index (κ3) is 2.17. The van der Waals surface area contributed by atoms with Crippen LogP contribution in [0.3, 0.4) is 0 Å². The molecule has 0 bridgehead atoms. The van der Waals surface area contributed by atoms with Crippen LogP contribution in [-0.2, 0) is 4.79 Å². The lowest BCUT2D eigenvalue weighted by molar-refractivity contribution is -0.130. The number of rotatable bonds is 3. The quantitative estimate of drug-likeness (QED) is 0.766. The zero-order valence-corrected chi connectivity index (χ0v) is 9.48. The summed E-state index contributed by atoms with van der Waals surface area (Å²) in [5, 5.41) is 9.07. The van der Waals surface area contributed by atoms with Gasteiger partial charge in [0.2, 0.25) is 5.91 Å². The highest BCUT2D eigenvalue weighted by Crippen LogP contribution is 2.32. The van der Waals surface area contributed by atoms with E-state index in [1.165, 1.54) is 25.7 Å². The number of aliphatic hydroxyl groups is 1. The maximum Gasteiger partial charge on any atom is 0.223 e. The van der Waals surface area contributed by atoms with Crippen LogP contribution in [0.15, 0.2) is 0 Å². The summed E-state index contributed by atoms with van der Waals surface area (Å²) in [4.78, 5) is 13.8. The number of hydrogen-bond donors (Lipinski definition) is 1. The van der Waals surface area contributed by atoms with E-state index >= 15 is 0 Å². The second-order valence-electron chi connectivity index (χ2n) is 5.08. The second-order valence-corrected chi connectivity index (χ2v) is 5.08. The standard InChI is InChI=1S/C12H21NO2/c1-9(11-4-2-3-5-11)13-7-10(8-14)6-12(13)15/h9-11,14H,2-8H2,1H3. The molecule has 1 heterocycles. The Morgan fingerprint density at radius 3 is 2.67 bits per heavy atom. The van der Waals surface area contributed by atoms with E-state index in [0.717, 1.165) is 6.54 Å². The summed E-state index contributed by atoms with van der Waals surface area (Å²) in [5.41, 5.74) is 0. The second kappa shape index (κ2) is 4.52. The minimum atomic E-state index is 0.152. The minimum absolute atomic E-state index is 0.152. The van der Waals surface area contributed by atoms with Crippen LogP contribution in [0.2, 0.25) is 0 Å². The molecule has 2 fully saturated rings. The van der Waals surface area contributed by atoms with Gasteiger partial charge in [-0.15, -0.1) is 0 Å². The summed E-state index contributed by atoms with van der Waals surface area (Å²) in [5.74, 6) is 1.13. The first-order valence-corrected chi connectivity index (χ1v) is 6.12. The molecule has 2 atom stereocenters. The van der Waals surface area contributed by atoms with Crippen LogP contribution >= 0.6 is 0 Å². The first kappa shape index (κ1) is 10.9. The highest BCUT2D eigenvalue weighted by molar-refractivity contribution is 5.79. The lowest BCUT2D eigenvalue weighted by Crippen LogP contribution is -2.39. The van der Waals surface area contributed by atoms with E-state index in [9.17, 15) is 4.79 Å². The van der Waals surface area contributed by atoms with Crippen LogP contribution < -0.4 is 0 Å². The Hall–Kier alpha value is -0.570. The summed E-state index contributed by atoms with van der Waals surface area (Å²) in [6, 6.07) is 0.386. The summed E-state index contributed by atoms with van der Waals surface area (Å²) >= 11 is 0. The number of amides is 1. The van der Waals surface area contributed by atoms with Crippen LogP contribution in [0.4, 0.5) is 0 Å². The first-order chi connectivity index (χ1) is 7.22. The van der Waals surface area contributed by atoms with Gasteiger partial charge in [-0.05, 0) is 25.7 Å². The van der Waals surface area contributed by atoms with Gasteiger partial charge in [-0.3, -0.25) is 4.79 Å². The third-order valence-corrected chi connectivity index (χ3v) is 4.07. The molecule has 1 N–H and O–H groups in total. The summed E-state index contributed by atoms with van der Waals surface area (Å²) in [7, 11) is 0. The number of likely N-dealkylation sites (tertiary alicyclic amines) is 1. The van der Waals surface area contributed by atoms with Gasteiger partial charge in [-0.2, -0.15) is 0 Å². The van der Waals surface area contributed by atoms with Crippen molar-refractivity contribution in [2.24, 2.45) is 11.8 Å². The molecule has 1 saturated carbocycles. The van der Waals surface area contributed by atoms with E-state index in [1.54, 1.807) is 0 Å². The highest BCUT2D eigenvalue weighted by Gasteiger charge is 2.35. The summed E-state index contributed by atoms with van der Waals surface area (Å²) < 4.78 is 0. The van der Waals surface area contributed by atoms with Crippen molar-refractivity contribution < 1.29 is 9.90 Å². The smallest absolute Gasteiger partial charge is 0.223 e. The van der Waals surface area contributed by atoms with E-state index in [1.807, 2.05) is 4.90 Å².